The van der Waals surface area contributed by atoms with Gasteiger partial charge in [0.15, 0.2) is 33.8 Å². The lowest BCUT2D eigenvalue weighted by Crippen LogP contribution is -2.28. The second-order valence-electron chi connectivity index (χ2n) is 5.53. The number of thioether (sulfide) groups is 1. The molecule has 0 fully saturated rings. The number of hydrogen-bond acceptors (Lipinski definition) is 9. The lowest BCUT2D eigenvalue weighted by molar-refractivity contribution is 0.203. The number of halogens is 2. The smallest absolute Gasteiger partial charge is 0.192 e. The average molecular weight is 394 g/mol. The average Bonchev–Trinajstić information content (AvgIpc) is 2.66. The number of aliphatic hydroxyl groups excluding tert-OH is 2. The summed E-state index contributed by atoms with van der Waals surface area (Å²) in [5, 5.41) is 21.6. The predicted molar refractivity (Wildman–Crippen MR) is 97.0 cm³/mol. The van der Waals surface area contributed by atoms with E-state index in [1.54, 1.807) is 0 Å². The van der Waals surface area contributed by atoms with E-state index in [-0.39, 0.29) is 47.0 Å². The first kappa shape index (κ1) is 19.1. The third-order valence-corrected chi connectivity index (χ3v) is 4.47. The highest BCUT2D eigenvalue weighted by atomic mass is 32.2. The minimum Gasteiger partial charge on any atom is -0.394 e. The summed E-state index contributed by atoms with van der Waals surface area (Å²) in [7, 11) is 0. The molecule has 0 aliphatic heterocycles. The molecular formula is C16H16F2N6O2S. The van der Waals surface area contributed by atoms with Crippen LogP contribution >= 0.6 is 11.8 Å². The fourth-order valence-electron chi connectivity index (χ4n) is 2.21. The van der Waals surface area contributed by atoms with Gasteiger partial charge >= 0.3 is 0 Å². The first-order chi connectivity index (χ1) is 13.0. The van der Waals surface area contributed by atoms with E-state index in [1.165, 1.54) is 18.3 Å². The summed E-state index contributed by atoms with van der Waals surface area (Å²) in [5.41, 5.74) is 6.32. The Morgan fingerprint density at radius 2 is 1.93 bits per heavy atom. The van der Waals surface area contributed by atoms with Crippen molar-refractivity contribution < 1.29 is 19.0 Å². The van der Waals surface area contributed by atoms with Gasteiger partial charge < -0.3 is 21.3 Å². The molecule has 5 N–H and O–H groups in total. The molecule has 0 atom stereocenters. The van der Waals surface area contributed by atoms with Crippen LogP contribution in [0.4, 0.5) is 20.4 Å². The van der Waals surface area contributed by atoms with Crippen molar-refractivity contribution >= 4 is 34.6 Å². The quantitative estimate of drug-likeness (QED) is 0.346. The molecule has 0 bridgehead atoms. The van der Waals surface area contributed by atoms with Crippen LogP contribution in [0.25, 0.3) is 11.2 Å². The molecule has 0 aliphatic carbocycles. The van der Waals surface area contributed by atoms with Crippen LogP contribution in [0.2, 0.25) is 0 Å². The van der Waals surface area contributed by atoms with Gasteiger partial charge in [-0.15, -0.1) is 0 Å². The summed E-state index contributed by atoms with van der Waals surface area (Å²) in [4.78, 5) is 16.8. The standard InChI is InChI=1S/C16H16F2N6O2S/c17-10-3-1-2-8(12(10)18)7-27-16-23-14(21-9(5-25)6-26)13-15(24-16)22-11(19)4-20-13/h1-4,9,25-26H,5-7H2,(H3,19,21,22,23,24). The summed E-state index contributed by atoms with van der Waals surface area (Å²) in [6.45, 7) is -0.664. The maximum atomic E-state index is 13.8. The van der Waals surface area contributed by atoms with Gasteiger partial charge in [0.05, 0.1) is 25.5 Å². The van der Waals surface area contributed by atoms with E-state index in [4.69, 9.17) is 5.73 Å². The molecule has 11 heteroatoms. The van der Waals surface area contributed by atoms with Gasteiger partial charge in [-0.25, -0.2) is 28.7 Å². The molecule has 1 aromatic carbocycles. The third-order valence-electron chi connectivity index (χ3n) is 3.58. The summed E-state index contributed by atoms with van der Waals surface area (Å²) < 4.78 is 27.2. The molecule has 3 aromatic rings. The van der Waals surface area contributed by atoms with E-state index in [1.807, 2.05) is 0 Å². The van der Waals surface area contributed by atoms with E-state index in [0.29, 0.717) is 5.52 Å². The Balaban J connectivity index is 1.93. The van der Waals surface area contributed by atoms with Crippen molar-refractivity contribution in [1.82, 2.24) is 19.9 Å². The van der Waals surface area contributed by atoms with Crippen molar-refractivity contribution in [3.05, 3.63) is 41.6 Å². The highest BCUT2D eigenvalue weighted by molar-refractivity contribution is 7.98. The van der Waals surface area contributed by atoms with E-state index < -0.39 is 17.7 Å². The first-order valence-electron chi connectivity index (χ1n) is 7.86. The van der Waals surface area contributed by atoms with E-state index in [2.05, 4.69) is 25.3 Å². The number of anilines is 2. The van der Waals surface area contributed by atoms with Crippen molar-refractivity contribution in [1.29, 1.82) is 0 Å². The Hall–Kier alpha value is -2.63. The van der Waals surface area contributed by atoms with Crippen molar-refractivity contribution in [2.24, 2.45) is 0 Å². The predicted octanol–water partition coefficient (Wildman–Crippen LogP) is 1.34. The number of nitrogens with two attached hydrogens (primary N) is 1. The number of nitrogens with one attached hydrogen (secondary N) is 1. The molecule has 0 radical (unpaired) electrons. The molecule has 8 nitrogen and oxygen atoms in total. The van der Waals surface area contributed by atoms with Gasteiger partial charge in [0.2, 0.25) is 0 Å². The van der Waals surface area contributed by atoms with Crippen LogP contribution in [0.15, 0.2) is 29.6 Å². The van der Waals surface area contributed by atoms with Crippen molar-refractivity contribution in [2.45, 2.75) is 17.0 Å². The molecule has 0 unspecified atom stereocenters. The molecule has 3 rings (SSSR count). The summed E-state index contributed by atoms with van der Waals surface area (Å²) >= 11 is 1.07. The second-order valence-corrected chi connectivity index (χ2v) is 6.47. The number of aromatic nitrogens is 4. The fourth-order valence-corrected chi connectivity index (χ4v) is 3.03. The monoisotopic (exact) mass is 394 g/mol. The highest BCUT2D eigenvalue weighted by Gasteiger charge is 2.16. The minimum absolute atomic E-state index is 0.0910. The molecular weight excluding hydrogens is 378 g/mol. The SMILES string of the molecule is Nc1cnc2c(NC(CO)CO)nc(SCc3cccc(F)c3F)nc2n1. The van der Waals surface area contributed by atoms with E-state index >= 15 is 0 Å². The maximum absolute atomic E-state index is 13.8. The van der Waals surface area contributed by atoms with Gasteiger partial charge in [-0.1, -0.05) is 23.9 Å². The van der Waals surface area contributed by atoms with E-state index in [0.717, 1.165) is 17.8 Å². The first-order valence-corrected chi connectivity index (χ1v) is 8.84. The van der Waals surface area contributed by atoms with E-state index in [9.17, 15) is 19.0 Å². The number of benzene rings is 1. The van der Waals surface area contributed by atoms with Gasteiger partial charge in [-0.05, 0) is 6.07 Å². The topological polar surface area (TPSA) is 130 Å². The second kappa shape index (κ2) is 8.37. The number of rotatable bonds is 7. The zero-order valence-electron chi connectivity index (χ0n) is 13.9. The summed E-state index contributed by atoms with van der Waals surface area (Å²) in [5.74, 6) is -1.37. The fraction of sp³-hybridized carbons (Fsp3) is 0.250. The zero-order valence-corrected chi connectivity index (χ0v) is 14.7. The number of aliphatic hydroxyl groups is 2. The molecule has 0 saturated carbocycles. The largest absolute Gasteiger partial charge is 0.394 e. The molecule has 0 saturated heterocycles. The number of fused-ring (bicyclic) bond motifs is 1. The Bertz CT molecular complexity index is 958. The van der Waals surface area contributed by atoms with Gasteiger partial charge in [0.25, 0.3) is 0 Å². The maximum Gasteiger partial charge on any atom is 0.192 e. The van der Waals surface area contributed by atoms with Crippen LogP contribution in [-0.2, 0) is 5.75 Å². The van der Waals surface area contributed by atoms with Crippen LogP contribution < -0.4 is 11.1 Å². The highest BCUT2D eigenvalue weighted by Crippen LogP contribution is 2.26. The summed E-state index contributed by atoms with van der Waals surface area (Å²) in [6, 6.07) is 3.26. The molecule has 0 aliphatic rings. The zero-order chi connectivity index (χ0) is 19.4. The van der Waals surface area contributed by atoms with Crippen LogP contribution in [0.5, 0.6) is 0 Å². The van der Waals surface area contributed by atoms with Gasteiger partial charge in [0, 0.05) is 11.3 Å². The Morgan fingerprint density at radius 1 is 1.15 bits per heavy atom. The summed E-state index contributed by atoms with van der Waals surface area (Å²) in [6.07, 6.45) is 1.33. The van der Waals surface area contributed by atoms with Gasteiger partial charge in [0.1, 0.15) is 5.82 Å². The van der Waals surface area contributed by atoms with Crippen molar-refractivity contribution in [3.8, 4) is 0 Å². The number of nitrogens with zero attached hydrogens (tertiary/aromatic N) is 4. The van der Waals surface area contributed by atoms with Crippen LogP contribution in [0.3, 0.4) is 0 Å². The molecule has 0 spiro atoms. The third kappa shape index (κ3) is 4.38. The van der Waals surface area contributed by atoms with Crippen molar-refractivity contribution in [3.63, 3.8) is 0 Å². The normalized spacial score (nSPS) is 11.3. The molecule has 2 heterocycles. The van der Waals surface area contributed by atoms with Crippen LogP contribution in [0.1, 0.15) is 5.56 Å². The number of nitrogen functional groups attached to an aromatic ring is 1. The lowest BCUT2D eigenvalue weighted by Gasteiger charge is -2.15. The number of hydrogen-bond donors (Lipinski definition) is 4. The Morgan fingerprint density at radius 3 is 2.67 bits per heavy atom. The van der Waals surface area contributed by atoms with Gasteiger partial charge in [-0.2, -0.15) is 0 Å². The van der Waals surface area contributed by atoms with Crippen LogP contribution in [0, 0.1) is 11.6 Å². The molecule has 2 aromatic heterocycles. The van der Waals surface area contributed by atoms with Gasteiger partial charge in [-0.3, -0.25) is 0 Å². The minimum atomic E-state index is -0.928. The van der Waals surface area contributed by atoms with Crippen molar-refractivity contribution in [2.75, 3.05) is 24.3 Å². The molecule has 142 valence electrons. The van der Waals surface area contributed by atoms with Crippen LogP contribution in [-0.4, -0.2) is 49.4 Å². The molecule has 0 amide bonds. The molecule has 27 heavy (non-hydrogen) atoms. The Labute approximate surface area is 156 Å². The Kier molecular flexibility index (Phi) is 5.94. The lowest BCUT2D eigenvalue weighted by atomic mass is 10.2.